The van der Waals surface area contributed by atoms with Crippen molar-refractivity contribution in [2.24, 2.45) is 0 Å². The maximum atomic E-state index is 11.2. The summed E-state index contributed by atoms with van der Waals surface area (Å²) in [5, 5.41) is 0. The average molecular weight is 299 g/mol. The summed E-state index contributed by atoms with van der Waals surface area (Å²) in [6.45, 7) is 5.18. The first-order valence-electron chi connectivity index (χ1n) is 6.83. The standard InChI is InChI=1S/C14H21NO6/c1-11(16)12(2)21-10-9-20-8-7-19-6-5-15-13(17)3-4-14(15)18/h3-4,12H,5-10H2,1-2H3/t12-/m0/s1. The number of hydrogen-bond donors (Lipinski definition) is 0. The highest BCUT2D eigenvalue weighted by atomic mass is 16.5. The lowest BCUT2D eigenvalue weighted by Gasteiger charge is -2.13. The Kier molecular flexibility index (Phi) is 7.81. The topological polar surface area (TPSA) is 82.1 Å². The smallest absolute Gasteiger partial charge is 0.253 e. The van der Waals surface area contributed by atoms with E-state index in [4.69, 9.17) is 14.2 Å². The lowest BCUT2D eigenvalue weighted by molar-refractivity contribution is -0.137. The number of nitrogens with zero attached hydrogens (tertiary/aromatic N) is 1. The van der Waals surface area contributed by atoms with Gasteiger partial charge in [-0.3, -0.25) is 19.3 Å². The third kappa shape index (κ3) is 6.61. The van der Waals surface area contributed by atoms with Crippen molar-refractivity contribution in [1.29, 1.82) is 0 Å². The lowest BCUT2D eigenvalue weighted by atomic mass is 10.3. The highest BCUT2D eigenvalue weighted by Crippen LogP contribution is 2.02. The summed E-state index contributed by atoms with van der Waals surface area (Å²) in [6.07, 6.45) is 2.08. The number of carbonyl (C=O) groups excluding carboxylic acids is 3. The number of rotatable bonds is 11. The average Bonchev–Trinajstić information content (AvgIpc) is 2.76. The third-order valence-corrected chi connectivity index (χ3v) is 2.90. The molecule has 0 saturated carbocycles. The molecule has 0 N–H and O–H groups in total. The van der Waals surface area contributed by atoms with Crippen molar-refractivity contribution in [2.45, 2.75) is 20.0 Å². The van der Waals surface area contributed by atoms with Gasteiger partial charge in [0.25, 0.3) is 11.8 Å². The minimum atomic E-state index is -0.408. The second-order valence-electron chi connectivity index (χ2n) is 4.51. The molecule has 0 spiro atoms. The first kappa shape index (κ1) is 17.5. The first-order chi connectivity index (χ1) is 10.0. The number of amides is 2. The minimum Gasteiger partial charge on any atom is -0.377 e. The largest absolute Gasteiger partial charge is 0.377 e. The highest BCUT2D eigenvalue weighted by Gasteiger charge is 2.22. The van der Waals surface area contributed by atoms with Gasteiger partial charge >= 0.3 is 0 Å². The van der Waals surface area contributed by atoms with E-state index in [9.17, 15) is 14.4 Å². The van der Waals surface area contributed by atoms with Gasteiger partial charge in [0.15, 0.2) is 5.78 Å². The van der Waals surface area contributed by atoms with Crippen LogP contribution < -0.4 is 0 Å². The summed E-state index contributed by atoms with van der Waals surface area (Å²) in [7, 11) is 0. The number of Topliss-reactive ketones (excluding diaryl/α,β-unsaturated/α-hetero) is 1. The van der Waals surface area contributed by atoms with Crippen LogP contribution in [0.15, 0.2) is 12.2 Å². The molecule has 0 aromatic rings. The second kappa shape index (κ2) is 9.38. The molecular weight excluding hydrogens is 278 g/mol. The Morgan fingerprint density at radius 2 is 1.57 bits per heavy atom. The zero-order chi connectivity index (χ0) is 15.7. The van der Waals surface area contributed by atoms with Crippen molar-refractivity contribution >= 4 is 17.6 Å². The number of ketones is 1. The van der Waals surface area contributed by atoms with E-state index in [1.807, 2.05) is 0 Å². The summed E-state index contributed by atoms with van der Waals surface area (Å²) in [6, 6.07) is 0. The van der Waals surface area contributed by atoms with E-state index < -0.39 is 6.10 Å². The van der Waals surface area contributed by atoms with Gasteiger partial charge in [-0.15, -0.1) is 0 Å². The Bertz CT molecular complexity index is 388. The van der Waals surface area contributed by atoms with Gasteiger partial charge in [0.2, 0.25) is 0 Å². The zero-order valence-corrected chi connectivity index (χ0v) is 12.4. The summed E-state index contributed by atoms with van der Waals surface area (Å²) in [5.41, 5.74) is 0. The zero-order valence-electron chi connectivity index (χ0n) is 12.4. The van der Waals surface area contributed by atoms with Gasteiger partial charge in [-0.1, -0.05) is 0 Å². The molecule has 0 radical (unpaired) electrons. The molecule has 0 aliphatic carbocycles. The lowest BCUT2D eigenvalue weighted by Crippen LogP contribution is -2.33. The van der Waals surface area contributed by atoms with E-state index in [0.29, 0.717) is 26.4 Å². The van der Waals surface area contributed by atoms with Gasteiger partial charge in [-0.25, -0.2) is 0 Å². The monoisotopic (exact) mass is 299 g/mol. The van der Waals surface area contributed by atoms with E-state index in [0.717, 1.165) is 4.90 Å². The van der Waals surface area contributed by atoms with Crippen LogP contribution in [0.1, 0.15) is 13.8 Å². The molecule has 7 heteroatoms. The van der Waals surface area contributed by atoms with Crippen LogP contribution in [0.2, 0.25) is 0 Å². The van der Waals surface area contributed by atoms with E-state index in [1.54, 1.807) is 6.92 Å². The summed E-state index contributed by atoms with van der Waals surface area (Å²) in [5.74, 6) is -0.632. The first-order valence-corrected chi connectivity index (χ1v) is 6.83. The Morgan fingerprint density at radius 3 is 2.14 bits per heavy atom. The molecule has 1 aliphatic heterocycles. The molecule has 1 heterocycles. The van der Waals surface area contributed by atoms with Crippen LogP contribution in [-0.2, 0) is 28.6 Å². The summed E-state index contributed by atoms with van der Waals surface area (Å²) < 4.78 is 15.7. The molecule has 0 unspecified atom stereocenters. The van der Waals surface area contributed by atoms with Crippen molar-refractivity contribution in [3.05, 3.63) is 12.2 Å². The van der Waals surface area contributed by atoms with Crippen molar-refractivity contribution < 1.29 is 28.6 Å². The van der Waals surface area contributed by atoms with Crippen LogP contribution in [0.5, 0.6) is 0 Å². The maximum Gasteiger partial charge on any atom is 0.253 e. The van der Waals surface area contributed by atoms with Crippen LogP contribution >= 0.6 is 0 Å². The van der Waals surface area contributed by atoms with Gasteiger partial charge < -0.3 is 14.2 Å². The van der Waals surface area contributed by atoms with E-state index in [-0.39, 0.29) is 30.7 Å². The predicted octanol–water partition coefficient (Wildman–Crippen LogP) is -0.0613. The molecule has 0 saturated heterocycles. The highest BCUT2D eigenvalue weighted by molar-refractivity contribution is 6.12. The summed E-state index contributed by atoms with van der Waals surface area (Å²) >= 11 is 0. The van der Waals surface area contributed by atoms with E-state index in [2.05, 4.69) is 0 Å². The van der Waals surface area contributed by atoms with Crippen LogP contribution in [0, 0.1) is 0 Å². The molecule has 2 amide bonds. The van der Waals surface area contributed by atoms with Crippen molar-refractivity contribution in [3.63, 3.8) is 0 Å². The fourth-order valence-corrected chi connectivity index (χ4v) is 1.53. The number of imide groups is 1. The van der Waals surface area contributed by atoms with Gasteiger partial charge in [-0.05, 0) is 13.8 Å². The molecule has 0 aromatic heterocycles. The van der Waals surface area contributed by atoms with E-state index in [1.165, 1.54) is 19.1 Å². The molecule has 7 nitrogen and oxygen atoms in total. The SMILES string of the molecule is CC(=O)[C@H](C)OCCOCCOCCN1C(=O)C=CC1=O. The Morgan fingerprint density at radius 1 is 1.05 bits per heavy atom. The van der Waals surface area contributed by atoms with Crippen molar-refractivity contribution in [3.8, 4) is 0 Å². The van der Waals surface area contributed by atoms with Crippen molar-refractivity contribution in [2.75, 3.05) is 39.6 Å². The fraction of sp³-hybridized carbons (Fsp3) is 0.643. The van der Waals surface area contributed by atoms with Gasteiger partial charge in [0.05, 0.1) is 39.6 Å². The molecule has 1 rings (SSSR count). The van der Waals surface area contributed by atoms with Gasteiger partial charge in [-0.2, -0.15) is 0 Å². The third-order valence-electron chi connectivity index (χ3n) is 2.90. The van der Waals surface area contributed by atoms with Crippen LogP contribution in [0.25, 0.3) is 0 Å². The van der Waals surface area contributed by atoms with Crippen molar-refractivity contribution in [1.82, 2.24) is 4.90 Å². The molecule has 0 bridgehead atoms. The molecule has 1 atom stereocenters. The fourth-order valence-electron chi connectivity index (χ4n) is 1.53. The predicted molar refractivity (Wildman–Crippen MR) is 73.6 cm³/mol. The molecule has 118 valence electrons. The van der Waals surface area contributed by atoms with Crippen LogP contribution in [0.4, 0.5) is 0 Å². The van der Waals surface area contributed by atoms with Gasteiger partial charge in [0, 0.05) is 12.2 Å². The number of hydrogen-bond acceptors (Lipinski definition) is 6. The number of ether oxygens (including phenoxy) is 3. The van der Waals surface area contributed by atoms with E-state index >= 15 is 0 Å². The molecule has 21 heavy (non-hydrogen) atoms. The molecule has 1 aliphatic rings. The van der Waals surface area contributed by atoms with Crippen LogP contribution in [-0.4, -0.2) is 68.2 Å². The Labute approximate surface area is 123 Å². The normalized spacial score (nSPS) is 15.8. The minimum absolute atomic E-state index is 0.0150. The maximum absolute atomic E-state index is 11.2. The molecular formula is C14H21NO6. The number of carbonyl (C=O) groups is 3. The Hall–Kier alpha value is -1.57. The summed E-state index contributed by atoms with van der Waals surface area (Å²) in [4.78, 5) is 34.5. The second-order valence-corrected chi connectivity index (χ2v) is 4.51. The quantitative estimate of drug-likeness (QED) is 0.393. The molecule has 0 fully saturated rings. The molecule has 0 aromatic carbocycles. The Balaban J connectivity index is 1.90. The van der Waals surface area contributed by atoms with Crippen LogP contribution in [0.3, 0.4) is 0 Å². The van der Waals surface area contributed by atoms with Gasteiger partial charge in [0.1, 0.15) is 6.10 Å².